The summed E-state index contributed by atoms with van der Waals surface area (Å²) in [5.74, 6) is 0.580. The van der Waals surface area contributed by atoms with E-state index in [1.807, 2.05) is 22.4 Å². The minimum Gasteiger partial charge on any atom is -0.479 e. The molecule has 33 heavy (non-hydrogen) atoms. The molecule has 0 aliphatic heterocycles. The summed E-state index contributed by atoms with van der Waals surface area (Å²) >= 11 is 6.92. The van der Waals surface area contributed by atoms with Gasteiger partial charge in [0, 0.05) is 46.3 Å². The topological polar surface area (TPSA) is 104 Å². The van der Waals surface area contributed by atoms with Gasteiger partial charge in [0.1, 0.15) is 22.3 Å². The van der Waals surface area contributed by atoms with Crippen molar-refractivity contribution in [2.24, 2.45) is 0 Å². The fraction of sp³-hybridized carbons (Fsp3) is 0.227. The van der Waals surface area contributed by atoms with Crippen molar-refractivity contribution in [3.63, 3.8) is 0 Å². The van der Waals surface area contributed by atoms with Crippen LogP contribution in [0.15, 0.2) is 58.1 Å². The summed E-state index contributed by atoms with van der Waals surface area (Å²) in [6.45, 7) is 2.85. The van der Waals surface area contributed by atoms with Crippen molar-refractivity contribution in [2.45, 2.75) is 26.1 Å². The number of imidazole rings is 1. The lowest BCUT2D eigenvalue weighted by Gasteiger charge is -2.21. The molecule has 0 fully saturated rings. The Morgan fingerprint density at radius 2 is 2.03 bits per heavy atom. The smallest absolute Gasteiger partial charge is 0.166 e. The highest BCUT2D eigenvalue weighted by Gasteiger charge is 2.22. The van der Waals surface area contributed by atoms with E-state index in [1.54, 1.807) is 30.7 Å². The summed E-state index contributed by atoms with van der Waals surface area (Å²) in [7, 11) is 0. The number of nitrogens with zero attached hydrogens (tertiary/aromatic N) is 5. The zero-order valence-corrected chi connectivity index (χ0v) is 20.8. The van der Waals surface area contributed by atoms with Crippen LogP contribution in [-0.4, -0.2) is 36.0 Å². The Bertz CT molecular complexity index is 1280. The van der Waals surface area contributed by atoms with Gasteiger partial charge in [-0.25, -0.2) is 14.4 Å². The Morgan fingerprint density at radius 1 is 1.21 bits per heavy atom. The zero-order valence-electron chi connectivity index (χ0n) is 17.6. The number of rotatable bonds is 8. The summed E-state index contributed by atoms with van der Waals surface area (Å²) < 4.78 is 25.6. The Balaban J connectivity index is 1.72. The molecule has 0 aliphatic carbocycles. The van der Waals surface area contributed by atoms with Crippen LogP contribution in [0.2, 0.25) is 0 Å². The first-order chi connectivity index (χ1) is 15.9. The number of benzene rings is 1. The third-order valence-corrected chi connectivity index (χ3v) is 6.44. The maximum Gasteiger partial charge on any atom is 0.166 e. The Kier molecular flexibility index (Phi) is 7.11. The SMILES string of the molecule is CCn1ncc(Cn2ccnc2-c2ccc(F)cc2C(CO)Oc2cc(Br)cnc2N)c1Br. The molecule has 3 aromatic heterocycles. The number of aliphatic hydroxyl groups excluding tert-OH is 1. The van der Waals surface area contributed by atoms with Gasteiger partial charge in [0.25, 0.3) is 0 Å². The molecule has 0 bridgehead atoms. The van der Waals surface area contributed by atoms with Gasteiger partial charge in [0.15, 0.2) is 11.6 Å². The highest BCUT2D eigenvalue weighted by molar-refractivity contribution is 9.10. The number of hydrogen-bond donors (Lipinski definition) is 2. The molecule has 3 N–H and O–H groups in total. The van der Waals surface area contributed by atoms with Crippen LogP contribution in [0.1, 0.15) is 24.2 Å². The summed E-state index contributed by atoms with van der Waals surface area (Å²) in [5.41, 5.74) is 7.97. The molecule has 0 spiro atoms. The first-order valence-corrected chi connectivity index (χ1v) is 11.7. The zero-order chi connectivity index (χ0) is 23.5. The summed E-state index contributed by atoms with van der Waals surface area (Å²) in [4.78, 5) is 8.55. The van der Waals surface area contributed by atoms with Gasteiger partial charge >= 0.3 is 0 Å². The largest absolute Gasteiger partial charge is 0.479 e. The van der Waals surface area contributed by atoms with Crippen LogP contribution in [0.5, 0.6) is 5.75 Å². The predicted molar refractivity (Wildman–Crippen MR) is 129 cm³/mol. The first-order valence-electron chi connectivity index (χ1n) is 10.1. The summed E-state index contributed by atoms with van der Waals surface area (Å²) in [6, 6.07) is 5.96. The number of aryl methyl sites for hydroxylation is 1. The van der Waals surface area contributed by atoms with E-state index in [4.69, 9.17) is 10.5 Å². The van der Waals surface area contributed by atoms with E-state index in [0.29, 0.717) is 28.0 Å². The number of pyridine rings is 1. The fourth-order valence-corrected chi connectivity index (χ4v) is 4.36. The maximum absolute atomic E-state index is 14.3. The van der Waals surface area contributed by atoms with Crippen LogP contribution in [0.25, 0.3) is 11.4 Å². The van der Waals surface area contributed by atoms with Crippen LogP contribution in [0.4, 0.5) is 10.2 Å². The number of halogens is 3. The molecule has 0 saturated carbocycles. The van der Waals surface area contributed by atoms with Crippen molar-refractivity contribution in [1.82, 2.24) is 24.3 Å². The molecule has 0 amide bonds. The normalized spacial score (nSPS) is 12.2. The molecule has 1 atom stereocenters. The third kappa shape index (κ3) is 4.94. The number of hydrogen-bond acceptors (Lipinski definition) is 6. The van der Waals surface area contributed by atoms with E-state index in [-0.39, 0.29) is 11.6 Å². The van der Waals surface area contributed by atoms with Gasteiger partial charge < -0.3 is 20.1 Å². The highest BCUT2D eigenvalue weighted by atomic mass is 79.9. The van der Waals surface area contributed by atoms with E-state index < -0.39 is 18.5 Å². The van der Waals surface area contributed by atoms with Gasteiger partial charge in [-0.2, -0.15) is 5.10 Å². The van der Waals surface area contributed by atoms with Crippen molar-refractivity contribution in [2.75, 3.05) is 12.3 Å². The van der Waals surface area contributed by atoms with Gasteiger partial charge in [-0.1, -0.05) is 0 Å². The summed E-state index contributed by atoms with van der Waals surface area (Å²) in [6.07, 6.45) is 5.95. The van der Waals surface area contributed by atoms with E-state index >= 15 is 0 Å². The van der Waals surface area contributed by atoms with E-state index in [0.717, 1.165) is 16.7 Å². The number of aromatic nitrogens is 5. The van der Waals surface area contributed by atoms with Gasteiger partial charge in [0.05, 0.1) is 19.3 Å². The van der Waals surface area contributed by atoms with Crippen LogP contribution < -0.4 is 10.5 Å². The van der Waals surface area contributed by atoms with E-state index in [1.165, 1.54) is 12.1 Å². The molecule has 0 aliphatic rings. The molecule has 3 heterocycles. The maximum atomic E-state index is 14.3. The van der Waals surface area contributed by atoms with Crippen molar-refractivity contribution in [3.8, 4) is 17.1 Å². The second kappa shape index (κ2) is 10.0. The van der Waals surface area contributed by atoms with Crippen LogP contribution in [0.3, 0.4) is 0 Å². The highest BCUT2D eigenvalue weighted by Crippen LogP contribution is 2.34. The molecule has 172 valence electrons. The standard InChI is InChI=1S/C22H21Br2FN6O2/c1-2-31-20(24)13(9-29-31)11-30-6-5-27-22(30)16-4-3-15(25)8-17(16)19(12-32)33-18-7-14(23)10-28-21(18)26/h3-10,19,32H,2,11-12H2,1H3,(H2,26,28). The molecule has 0 saturated heterocycles. The quantitative estimate of drug-likeness (QED) is 0.317. The minimum atomic E-state index is -0.895. The number of nitrogens with two attached hydrogens (primary N) is 1. The van der Waals surface area contributed by atoms with Gasteiger partial charge in [-0.15, -0.1) is 0 Å². The van der Waals surface area contributed by atoms with E-state index in [2.05, 4.69) is 46.9 Å². The number of ether oxygens (including phenoxy) is 1. The number of nitrogen functional groups attached to an aromatic ring is 1. The molecule has 8 nitrogen and oxygen atoms in total. The Labute approximate surface area is 206 Å². The summed E-state index contributed by atoms with van der Waals surface area (Å²) in [5, 5.41) is 14.5. The molecule has 1 unspecified atom stereocenters. The predicted octanol–water partition coefficient (Wildman–Crippen LogP) is 4.57. The molecular weight excluding hydrogens is 559 g/mol. The number of anilines is 1. The van der Waals surface area contributed by atoms with Crippen molar-refractivity contribution >= 4 is 37.7 Å². The van der Waals surface area contributed by atoms with Gasteiger partial charge in [-0.3, -0.25) is 4.68 Å². The van der Waals surface area contributed by atoms with Gasteiger partial charge in [0.2, 0.25) is 0 Å². The average Bonchev–Trinajstić information content (AvgIpc) is 3.41. The van der Waals surface area contributed by atoms with Crippen LogP contribution in [0, 0.1) is 5.82 Å². The molecule has 1 aromatic carbocycles. The number of aliphatic hydroxyl groups is 1. The molecule has 4 aromatic rings. The monoisotopic (exact) mass is 578 g/mol. The Morgan fingerprint density at radius 3 is 2.76 bits per heavy atom. The van der Waals surface area contributed by atoms with Crippen LogP contribution >= 0.6 is 31.9 Å². The molecule has 4 rings (SSSR count). The van der Waals surface area contributed by atoms with Crippen molar-refractivity contribution in [3.05, 3.63) is 75.1 Å². The van der Waals surface area contributed by atoms with Crippen LogP contribution in [-0.2, 0) is 13.1 Å². The molecule has 11 heteroatoms. The Hall–Kier alpha value is -2.76. The minimum absolute atomic E-state index is 0.161. The third-order valence-electron chi connectivity index (χ3n) is 5.09. The van der Waals surface area contributed by atoms with Crippen molar-refractivity contribution in [1.29, 1.82) is 0 Å². The second-order valence-electron chi connectivity index (χ2n) is 7.21. The first kappa shape index (κ1) is 23.4. The second-order valence-corrected chi connectivity index (χ2v) is 8.88. The lowest BCUT2D eigenvalue weighted by Crippen LogP contribution is -2.16. The van der Waals surface area contributed by atoms with Gasteiger partial charge in [-0.05, 0) is 63.0 Å². The molecule has 0 radical (unpaired) electrons. The fourth-order valence-electron chi connectivity index (χ4n) is 3.48. The van der Waals surface area contributed by atoms with E-state index in [9.17, 15) is 9.50 Å². The lowest BCUT2D eigenvalue weighted by molar-refractivity contribution is 0.117. The van der Waals surface area contributed by atoms with Crippen molar-refractivity contribution < 1.29 is 14.2 Å². The molecular formula is C22H21Br2FN6O2. The lowest BCUT2D eigenvalue weighted by atomic mass is 10.0. The average molecular weight is 580 g/mol.